The molecule has 0 saturated carbocycles. The first-order valence-electron chi connectivity index (χ1n) is 6.37. The maximum atomic E-state index is 11.4. The predicted octanol–water partition coefficient (Wildman–Crippen LogP) is 3.25. The number of rotatable bonds is 2. The smallest absolute Gasteiger partial charge is 0.311 e. The SMILES string of the molecule is COC(=O)Cc1nccc2ccc(C(C)(C)C)cc12. The number of fused-ring (bicyclic) bond motifs is 1. The molecule has 0 radical (unpaired) electrons. The van der Waals surface area contributed by atoms with Crippen LogP contribution in [0.1, 0.15) is 32.0 Å². The van der Waals surface area contributed by atoms with Gasteiger partial charge in [0.2, 0.25) is 0 Å². The quantitative estimate of drug-likeness (QED) is 0.775. The summed E-state index contributed by atoms with van der Waals surface area (Å²) in [5.74, 6) is -0.263. The Hall–Kier alpha value is -1.90. The molecule has 100 valence electrons. The Labute approximate surface area is 113 Å². The average molecular weight is 257 g/mol. The molecule has 3 nitrogen and oxygen atoms in total. The normalized spacial score (nSPS) is 11.6. The van der Waals surface area contributed by atoms with E-state index < -0.39 is 0 Å². The summed E-state index contributed by atoms with van der Waals surface area (Å²) >= 11 is 0. The van der Waals surface area contributed by atoms with Crippen LogP contribution in [0.5, 0.6) is 0 Å². The number of nitrogens with zero attached hydrogens (tertiary/aromatic N) is 1. The number of hydrogen-bond acceptors (Lipinski definition) is 3. The fraction of sp³-hybridized carbons (Fsp3) is 0.375. The van der Waals surface area contributed by atoms with Gasteiger partial charge in [0.15, 0.2) is 0 Å². The van der Waals surface area contributed by atoms with Crippen molar-refractivity contribution in [1.82, 2.24) is 4.98 Å². The maximum absolute atomic E-state index is 11.4. The van der Waals surface area contributed by atoms with E-state index in [2.05, 4.69) is 44.0 Å². The van der Waals surface area contributed by atoms with E-state index in [1.165, 1.54) is 12.7 Å². The van der Waals surface area contributed by atoms with Crippen LogP contribution < -0.4 is 0 Å². The molecule has 0 bridgehead atoms. The van der Waals surface area contributed by atoms with Crippen LogP contribution in [0.4, 0.5) is 0 Å². The highest BCUT2D eigenvalue weighted by Gasteiger charge is 2.15. The Morgan fingerprint density at radius 1 is 1.26 bits per heavy atom. The van der Waals surface area contributed by atoms with Gasteiger partial charge in [-0.25, -0.2) is 0 Å². The van der Waals surface area contributed by atoms with Gasteiger partial charge in [-0.1, -0.05) is 32.9 Å². The lowest BCUT2D eigenvalue weighted by Gasteiger charge is -2.20. The highest BCUT2D eigenvalue weighted by atomic mass is 16.5. The molecule has 0 saturated heterocycles. The summed E-state index contributed by atoms with van der Waals surface area (Å²) < 4.78 is 4.72. The fourth-order valence-electron chi connectivity index (χ4n) is 2.04. The molecule has 0 amide bonds. The molecule has 0 aliphatic rings. The molecule has 19 heavy (non-hydrogen) atoms. The van der Waals surface area contributed by atoms with Crippen LogP contribution in [-0.4, -0.2) is 18.1 Å². The molecule has 2 rings (SSSR count). The highest BCUT2D eigenvalue weighted by Crippen LogP contribution is 2.27. The van der Waals surface area contributed by atoms with E-state index in [0.29, 0.717) is 0 Å². The van der Waals surface area contributed by atoms with Crippen molar-refractivity contribution in [3.8, 4) is 0 Å². The molecule has 0 fully saturated rings. The number of aromatic nitrogens is 1. The molecule has 0 aliphatic carbocycles. The number of pyridine rings is 1. The largest absolute Gasteiger partial charge is 0.469 e. The Morgan fingerprint density at radius 3 is 2.63 bits per heavy atom. The third-order valence-electron chi connectivity index (χ3n) is 3.25. The molecule has 0 atom stereocenters. The summed E-state index contributed by atoms with van der Waals surface area (Å²) in [7, 11) is 1.40. The van der Waals surface area contributed by atoms with E-state index in [0.717, 1.165) is 16.5 Å². The second-order valence-electron chi connectivity index (χ2n) is 5.70. The lowest BCUT2D eigenvalue weighted by atomic mass is 9.85. The van der Waals surface area contributed by atoms with Gasteiger partial charge in [0.05, 0.1) is 19.2 Å². The Morgan fingerprint density at radius 2 is 2.00 bits per heavy atom. The number of carbonyl (C=O) groups is 1. The minimum absolute atomic E-state index is 0.0760. The van der Waals surface area contributed by atoms with Gasteiger partial charge in [-0.2, -0.15) is 0 Å². The predicted molar refractivity (Wildman–Crippen MR) is 76.2 cm³/mol. The lowest BCUT2D eigenvalue weighted by molar-refractivity contribution is -0.139. The van der Waals surface area contributed by atoms with Crippen LogP contribution in [0.25, 0.3) is 10.8 Å². The van der Waals surface area contributed by atoms with Gasteiger partial charge >= 0.3 is 5.97 Å². The number of ether oxygens (including phenoxy) is 1. The summed E-state index contributed by atoms with van der Waals surface area (Å²) in [6, 6.07) is 8.30. The second kappa shape index (κ2) is 5.00. The van der Waals surface area contributed by atoms with Gasteiger partial charge in [-0.05, 0) is 28.5 Å². The van der Waals surface area contributed by atoms with Crippen LogP contribution in [0.3, 0.4) is 0 Å². The van der Waals surface area contributed by atoms with Crippen molar-refractivity contribution in [2.24, 2.45) is 0 Å². The molecular weight excluding hydrogens is 238 g/mol. The van der Waals surface area contributed by atoms with Gasteiger partial charge < -0.3 is 4.74 Å². The number of hydrogen-bond donors (Lipinski definition) is 0. The Kier molecular flexibility index (Phi) is 3.56. The van der Waals surface area contributed by atoms with Crippen LogP contribution in [0.2, 0.25) is 0 Å². The van der Waals surface area contributed by atoms with E-state index in [4.69, 9.17) is 4.74 Å². The molecule has 1 aromatic carbocycles. The van der Waals surface area contributed by atoms with Crippen LogP contribution in [0, 0.1) is 0 Å². The van der Waals surface area contributed by atoms with Gasteiger partial charge in [0, 0.05) is 11.6 Å². The standard InChI is InChI=1S/C16H19NO2/c1-16(2,3)12-6-5-11-7-8-17-14(13(11)9-12)10-15(18)19-4/h5-9H,10H2,1-4H3. The molecule has 1 aromatic heterocycles. The van der Waals surface area contributed by atoms with Gasteiger partial charge in [-0.3, -0.25) is 9.78 Å². The third-order valence-corrected chi connectivity index (χ3v) is 3.25. The molecule has 0 aliphatic heterocycles. The van der Waals surface area contributed by atoms with Crippen LogP contribution in [0.15, 0.2) is 30.5 Å². The minimum atomic E-state index is -0.263. The second-order valence-corrected chi connectivity index (χ2v) is 5.70. The molecule has 2 aromatic rings. The first-order valence-corrected chi connectivity index (χ1v) is 6.37. The van der Waals surface area contributed by atoms with Gasteiger partial charge in [0.1, 0.15) is 0 Å². The van der Waals surface area contributed by atoms with E-state index >= 15 is 0 Å². The minimum Gasteiger partial charge on any atom is -0.469 e. The van der Waals surface area contributed by atoms with Crippen molar-refractivity contribution in [3.63, 3.8) is 0 Å². The first-order chi connectivity index (χ1) is 8.91. The fourth-order valence-corrected chi connectivity index (χ4v) is 2.04. The molecule has 0 N–H and O–H groups in total. The lowest BCUT2D eigenvalue weighted by Crippen LogP contribution is -2.11. The topological polar surface area (TPSA) is 39.2 Å². The zero-order valence-electron chi connectivity index (χ0n) is 11.9. The van der Waals surface area contributed by atoms with Gasteiger partial charge in [-0.15, -0.1) is 0 Å². The molecular formula is C16H19NO2. The zero-order valence-corrected chi connectivity index (χ0v) is 11.9. The van der Waals surface area contributed by atoms with Crippen molar-refractivity contribution in [3.05, 3.63) is 41.7 Å². The summed E-state index contributed by atoms with van der Waals surface area (Å²) in [5, 5.41) is 2.13. The first kappa shape index (κ1) is 13.5. The molecule has 3 heteroatoms. The Balaban J connectivity index is 2.55. The summed E-state index contributed by atoms with van der Waals surface area (Å²) in [4.78, 5) is 15.8. The number of methoxy groups -OCH3 is 1. The average Bonchev–Trinajstić information content (AvgIpc) is 2.37. The van der Waals surface area contributed by atoms with Gasteiger partial charge in [0.25, 0.3) is 0 Å². The molecule has 0 unspecified atom stereocenters. The van der Waals surface area contributed by atoms with Crippen molar-refractivity contribution in [2.45, 2.75) is 32.6 Å². The van der Waals surface area contributed by atoms with Crippen molar-refractivity contribution < 1.29 is 9.53 Å². The van der Waals surface area contributed by atoms with Crippen molar-refractivity contribution >= 4 is 16.7 Å². The summed E-state index contributed by atoms with van der Waals surface area (Å²) in [6.45, 7) is 6.51. The maximum Gasteiger partial charge on any atom is 0.311 e. The highest BCUT2D eigenvalue weighted by molar-refractivity contribution is 5.88. The molecule has 0 spiro atoms. The van der Waals surface area contributed by atoms with E-state index in [9.17, 15) is 4.79 Å². The number of benzene rings is 1. The van der Waals surface area contributed by atoms with Crippen molar-refractivity contribution in [2.75, 3.05) is 7.11 Å². The van der Waals surface area contributed by atoms with E-state index in [1.807, 2.05) is 6.07 Å². The summed E-state index contributed by atoms with van der Waals surface area (Å²) in [5.41, 5.74) is 2.08. The third kappa shape index (κ3) is 2.92. The monoisotopic (exact) mass is 257 g/mol. The van der Waals surface area contributed by atoms with Crippen LogP contribution in [-0.2, 0) is 21.4 Å². The number of carbonyl (C=O) groups excluding carboxylic acids is 1. The molecule has 1 heterocycles. The van der Waals surface area contributed by atoms with Crippen molar-refractivity contribution in [1.29, 1.82) is 0 Å². The summed E-state index contributed by atoms with van der Waals surface area (Å²) in [6.07, 6.45) is 1.94. The van der Waals surface area contributed by atoms with Crippen LogP contribution >= 0.6 is 0 Å². The van der Waals surface area contributed by atoms with E-state index in [-0.39, 0.29) is 17.8 Å². The number of esters is 1. The Bertz CT molecular complexity index is 612. The zero-order chi connectivity index (χ0) is 14.0. The van der Waals surface area contributed by atoms with E-state index in [1.54, 1.807) is 6.20 Å².